The summed E-state index contributed by atoms with van der Waals surface area (Å²) >= 11 is 0. The highest BCUT2D eigenvalue weighted by Crippen LogP contribution is 2.21. The Morgan fingerprint density at radius 3 is 2.50 bits per heavy atom. The monoisotopic (exact) mass is 440 g/mol. The van der Waals surface area contributed by atoms with Crippen molar-refractivity contribution in [3.8, 4) is 5.75 Å². The molecule has 0 unspecified atom stereocenters. The van der Waals surface area contributed by atoms with E-state index < -0.39 is 12.2 Å². The van der Waals surface area contributed by atoms with E-state index in [1.54, 1.807) is 12.1 Å². The second-order valence-electron chi connectivity index (χ2n) is 7.81. The van der Waals surface area contributed by atoms with E-state index in [0.29, 0.717) is 25.2 Å². The van der Waals surface area contributed by atoms with E-state index in [4.69, 9.17) is 14.6 Å². The minimum atomic E-state index is -0.638. The molecule has 174 valence electrons. The Labute approximate surface area is 191 Å². The van der Waals surface area contributed by atoms with Crippen LogP contribution in [0, 0.1) is 0 Å². The van der Waals surface area contributed by atoms with Crippen molar-refractivity contribution in [2.24, 2.45) is 0 Å². The molecule has 0 radical (unpaired) electrons. The summed E-state index contributed by atoms with van der Waals surface area (Å²) < 4.78 is 11.0. The van der Waals surface area contributed by atoms with Crippen molar-refractivity contribution in [1.29, 1.82) is 0 Å². The largest absolute Gasteiger partial charge is 0.491 e. The molecule has 5 nitrogen and oxygen atoms in total. The van der Waals surface area contributed by atoms with Crippen molar-refractivity contribution in [3.05, 3.63) is 83.1 Å². The van der Waals surface area contributed by atoms with Gasteiger partial charge >= 0.3 is 0 Å². The fourth-order valence-corrected chi connectivity index (χ4v) is 3.25. The fourth-order valence-electron chi connectivity index (χ4n) is 3.25. The number of unbranched alkanes of at least 4 members (excludes halogenated alkanes) is 1. The molecule has 3 N–H and O–H groups in total. The first-order valence-electron chi connectivity index (χ1n) is 11.4. The summed E-state index contributed by atoms with van der Waals surface area (Å²) in [6, 6.07) is 17.1. The highest BCUT2D eigenvalue weighted by Gasteiger charge is 2.09. The molecule has 2 rings (SSSR count). The van der Waals surface area contributed by atoms with Crippen LogP contribution in [0.3, 0.4) is 0 Å². The summed E-state index contributed by atoms with van der Waals surface area (Å²) in [5.41, 5.74) is 6.22. The number of aliphatic hydroxyl groups excluding tert-OH is 3. The van der Waals surface area contributed by atoms with E-state index in [1.807, 2.05) is 48.5 Å². The summed E-state index contributed by atoms with van der Waals surface area (Å²) in [7, 11) is 0. The lowest BCUT2D eigenvalue weighted by Crippen LogP contribution is -2.16. The molecule has 0 saturated heterocycles. The summed E-state index contributed by atoms with van der Waals surface area (Å²) in [5.74, 6) is 0.663. The van der Waals surface area contributed by atoms with Gasteiger partial charge in [0.25, 0.3) is 0 Å². The van der Waals surface area contributed by atoms with Gasteiger partial charge in [-0.15, -0.1) is 5.73 Å². The van der Waals surface area contributed by atoms with Crippen LogP contribution in [0.25, 0.3) is 0 Å². The fraction of sp³-hybridized carbons (Fsp3) is 0.444. The summed E-state index contributed by atoms with van der Waals surface area (Å²) in [5, 5.41) is 29.7. The van der Waals surface area contributed by atoms with Gasteiger partial charge in [0, 0.05) is 12.8 Å². The smallest absolute Gasteiger partial charge is 0.119 e. The van der Waals surface area contributed by atoms with Gasteiger partial charge in [0.2, 0.25) is 0 Å². The lowest BCUT2D eigenvalue weighted by Gasteiger charge is -2.13. The number of rotatable bonds is 15. The van der Waals surface area contributed by atoms with Gasteiger partial charge in [-0.25, -0.2) is 0 Å². The van der Waals surface area contributed by atoms with Crippen LogP contribution >= 0.6 is 0 Å². The van der Waals surface area contributed by atoms with E-state index in [1.165, 1.54) is 0 Å². The van der Waals surface area contributed by atoms with E-state index in [0.717, 1.165) is 36.0 Å². The Hall–Kier alpha value is -2.40. The molecule has 0 spiro atoms. The Morgan fingerprint density at radius 1 is 1.06 bits per heavy atom. The first-order chi connectivity index (χ1) is 15.6. The van der Waals surface area contributed by atoms with Crippen molar-refractivity contribution < 1.29 is 24.8 Å². The van der Waals surface area contributed by atoms with Crippen LogP contribution in [0.4, 0.5) is 0 Å². The molecule has 32 heavy (non-hydrogen) atoms. The van der Waals surface area contributed by atoms with Gasteiger partial charge in [-0.2, -0.15) is 0 Å². The van der Waals surface area contributed by atoms with Crippen molar-refractivity contribution in [2.75, 3.05) is 19.8 Å². The molecule has 0 bridgehead atoms. The molecule has 0 aliphatic carbocycles. The van der Waals surface area contributed by atoms with Crippen LogP contribution in [-0.2, 0) is 11.3 Å². The maximum Gasteiger partial charge on any atom is 0.119 e. The van der Waals surface area contributed by atoms with Crippen molar-refractivity contribution in [3.63, 3.8) is 0 Å². The second kappa shape index (κ2) is 15.4. The minimum absolute atomic E-state index is 0.0320. The summed E-state index contributed by atoms with van der Waals surface area (Å²) in [6.07, 6.45) is 4.55. The number of hydrogen-bond acceptors (Lipinski definition) is 5. The summed E-state index contributed by atoms with van der Waals surface area (Å²) in [6.45, 7) is 3.12. The third-order valence-electron chi connectivity index (χ3n) is 5.01. The number of ether oxygens (including phenoxy) is 2. The Kier molecular flexibility index (Phi) is 12.5. The molecule has 5 heteroatoms. The molecule has 0 heterocycles. The van der Waals surface area contributed by atoms with Gasteiger partial charge in [-0.1, -0.05) is 55.8 Å². The third kappa shape index (κ3) is 10.3. The standard InChI is InChI=1S/C27H36O5/c1-2-3-8-22(19-25(29)21-31-20-23-9-5-4-6-10-23)11-7-12-27(30)24-13-15-26(16-14-24)32-18-17-28/h4-7,9-10,13-16,25,27-30H,2-3,8,12,17-21H2,1H3/t11?,25-,27-/m0/s1. The van der Waals surface area contributed by atoms with E-state index >= 15 is 0 Å². The maximum absolute atomic E-state index is 10.5. The SMILES string of the molecule is CCCCC(=C=CC[C@H](O)c1ccc(OCCO)cc1)C[C@H](O)COCc1ccccc1. The average molecular weight is 441 g/mol. The van der Waals surface area contributed by atoms with Gasteiger partial charge in [0.05, 0.1) is 32.0 Å². The normalized spacial score (nSPS) is 12.6. The molecule has 0 amide bonds. The molecule has 0 fully saturated rings. The molecule has 2 aromatic rings. The number of hydrogen-bond donors (Lipinski definition) is 3. The first kappa shape index (κ1) is 25.9. The zero-order valence-corrected chi connectivity index (χ0v) is 19.0. The van der Waals surface area contributed by atoms with Gasteiger partial charge in [0.15, 0.2) is 0 Å². The van der Waals surface area contributed by atoms with E-state index in [-0.39, 0.29) is 19.8 Å². The topological polar surface area (TPSA) is 79.2 Å². The van der Waals surface area contributed by atoms with Crippen LogP contribution in [0.15, 0.2) is 72.0 Å². The van der Waals surface area contributed by atoms with Gasteiger partial charge in [-0.05, 0) is 47.8 Å². The minimum Gasteiger partial charge on any atom is -0.491 e. The molecule has 2 atom stereocenters. The van der Waals surface area contributed by atoms with Gasteiger partial charge in [-0.3, -0.25) is 0 Å². The zero-order valence-electron chi connectivity index (χ0n) is 19.0. The van der Waals surface area contributed by atoms with Crippen molar-refractivity contribution in [1.82, 2.24) is 0 Å². The molecular formula is C27H36O5. The Bertz CT molecular complexity index is 810. The predicted octanol–water partition coefficient (Wildman–Crippen LogP) is 4.72. The first-order valence-corrected chi connectivity index (χ1v) is 11.4. The van der Waals surface area contributed by atoms with Crippen LogP contribution in [0.2, 0.25) is 0 Å². The van der Waals surface area contributed by atoms with E-state index in [2.05, 4.69) is 12.7 Å². The Morgan fingerprint density at radius 2 is 1.81 bits per heavy atom. The molecule has 0 aromatic heterocycles. The quantitative estimate of drug-likeness (QED) is 0.349. The van der Waals surface area contributed by atoms with E-state index in [9.17, 15) is 10.2 Å². The zero-order chi connectivity index (χ0) is 23.0. The van der Waals surface area contributed by atoms with Crippen molar-refractivity contribution in [2.45, 2.75) is 57.8 Å². The second-order valence-corrected chi connectivity index (χ2v) is 7.81. The van der Waals surface area contributed by atoms with Crippen molar-refractivity contribution >= 4 is 0 Å². The maximum atomic E-state index is 10.5. The van der Waals surface area contributed by atoms with Crippen LogP contribution in [0.5, 0.6) is 5.75 Å². The summed E-state index contributed by atoms with van der Waals surface area (Å²) in [4.78, 5) is 0. The Balaban J connectivity index is 1.86. The van der Waals surface area contributed by atoms with Gasteiger partial charge < -0.3 is 24.8 Å². The molecular weight excluding hydrogens is 404 g/mol. The van der Waals surface area contributed by atoms with Crippen LogP contribution in [-0.4, -0.2) is 41.2 Å². The lowest BCUT2D eigenvalue weighted by molar-refractivity contribution is 0.0285. The predicted molar refractivity (Wildman–Crippen MR) is 126 cm³/mol. The number of aliphatic hydroxyl groups is 3. The molecule has 2 aromatic carbocycles. The van der Waals surface area contributed by atoms with Gasteiger partial charge in [0.1, 0.15) is 12.4 Å². The average Bonchev–Trinajstić information content (AvgIpc) is 2.82. The van der Waals surface area contributed by atoms with Crippen LogP contribution in [0.1, 0.15) is 56.3 Å². The molecule has 0 aliphatic rings. The highest BCUT2D eigenvalue weighted by atomic mass is 16.5. The third-order valence-corrected chi connectivity index (χ3v) is 5.01. The highest BCUT2D eigenvalue weighted by molar-refractivity contribution is 5.28. The molecule has 0 saturated carbocycles. The lowest BCUT2D eigenvalue weighted by atomic mass is 10.0. The number of benzene rings is 2. The molecule has 0 aliphatic heterocycles. The van der Waals surface area contributed by atoms with Crippen LogP contribution < -0.4 is 4.74 Å².